The molecule has 7 nitrogen and oxygen atoms in total. The normalized spacial score (nSPS) is 8.40. The van der Waals surface area contributed by atoms with Crippen LogP contribution in [0, 0.1) is 0 Å². The van der Waals surface area contributed by atoms with Crippen molar-refractivity contribution in [1.29, 1.82) is 0 Å². The van der Waals surface area contributed by atoms with Crippen LogP contribution in [0.3, 0.4) is 0 Å². The van der Waals surface area contributed by atoms with Gasteiger partial charge in [0.15, 0.2) is 0 Å². The Kier molecular flexibility index (Phi) is 12.4. The number of hydrogen-bond acceptors (Lipinski definition) is 5. The van der Waals surface area contributed by atoms with Gasteiger partial charge in [0.25, 0.3) is 0 Å². The molecule has 0 aliphatic carbocycles. The molecule has 0 aliphatic rings. The first-order valence-corrected chi connectivity index (χ1v) is 3.40. The molecular weight excluding hydrogens is 173 g/mol. The number of hydrogen-bond donors (Lipinski definition) is 6. The van der Waals surface area contributed by atoms with Crippen molar-refractivity contribution in [1.82, 2.24) is 0 Å². The fraction of sp³-hybridized carbons (Fsp3) is 0. The van der Waals surface area contributed by atoms with Crippen LogP contribution in [0.2, 0.25) is 0 Å². The van der Waals surface area contributed by atoms with Gasteiger partial charge in [0.2, 0.25) is 0 Å². The summed E-state index contributed by atoms with van der Waals surface area (Å²) in [4.78, 5) is 38.1. The quantitative estimate of drug-likeness (QED) is 0.213. The molecule has 0 heterocycles. The molecule has 0 saturated carbocycles. The molecular formula is CH8NNaO6Si. The summed E-state index contributed by atoms with van der Waals surface area (Å²) in [6.45, 7) is 0. The van der Waals surface area contributed by atoms with Crippen LogP contribution in [0.4, 0.5) is 4.79 Å². The van der Waals surface area contributed by atoms with E-state index in [4.69, 9.17) is 29.1 Å². The molecule has 0 aromatic carbocycles. The summed E-state index contributed by atoms with van der Waals surface area (Å²) in [5, 5.41) is 7.19. The summed E-state index contributed by atoms with van der Waals surface area (Å²) < 4.78 is 0. The molecule has 0 fully saturated rings. The SMILES string of the molecule is NC(=O)O.O[Si](O)(O)O.[NaH]. The molecule has 0 rings (SSSR count). The maximum atomic E-state index is 8.78. The molecule has 9 heteroatoms. The second kappa shape index (κ2) is 7.43. The molecule has 10 heavy (non-hydrogen) atoms. The molecule has 0 unspecified atom stereocenters. The molecule has 58 valence electrons. The molecule has 0 aliphatic heterocycles. The van der Waals surface area contributed by atoms with Crippen molar-refractivity contribution in [2.45, 2.75) is 0 Å². The Balaban J connectivity index is -0.0000000910. The van der Waals surface area contributed by atoms with E-state index in [1.165, 1.54) is 0 Å². The zero-order valence-corrected chi connectivity index (χ0v) is 5.22. The van der Waals surface area contributed by atoms with Crippen LogP contribution in [0.1, 0.15) is 0 Å². The van der Waals surface area contributed by atoms with Gasteiger partial charge in [0, 0.05) is 0 Å². The van der Waals surface area contributed by atoms with Crippen LogP contribution in [-0.4, -0.2) is 69.0 Å². The standard InChI is InChI=1S/CH3NO2.Na.H4O4Si.H/c2-1(3)4;;1-5(2,3)4;/h2H2,(H,3,4);;1-4H;. The first kappa shape index (κ1) is 16.7. The van der Waals surface area contributed by atoms with Crippen molar-refractivity contribution in [2.24, 2.45) is 5.73 Å². The summed E-state index contributed by atoms with van der Waals surface area (Å²) in [6, 6.07) is 0. The third kappa shape index (κ3) is 4180. The fourth-order valence-corrected chi connectivity index (χ4v) is 0. The van der Waals surface area contributed by atoms with Crippen molar-refractivity contribution >= 4 is 44.7 Å². The second-order valence-corrected chi connectivity index (χ2v) is 2.14. The first-order valence-electron chi connectivity index (χ1n) is 1.61. The van der Waals surface area contributed by atoms with E-state index in [-0.39, 0.29) is 29.6 Å². The number of nitrogens with two attached hydrogens (primary N) is 1. The average Bonchev–Trinajstić information content (AvgIpc) is 1.19. The topological polar surface area (TPSA) is 144 Å². The van der Waals surface area contributed by atoms with E-state index >= 15 is 0 Å². The Morgan fingerprint density at radius 1 is 1.20 bits per heavy atom. The van der Waals surface area contributed by atoms with E-state index in [2.05, 4.69) is 5.73 Å². The zero-order valence-electron chi connectivity index (χ0n) is 4.22. The Hall–Kier alpha value is 0.327. The number of rotatable bonds is 0. The van der Waals surface area contributed by atoms with Gasteiger partial charge in [0.1, 0.15) is 0 Å². The van der Waals surface area contributed by atoms with Gasteiger partial charge in [-0.15, -0.1) is 0 Å². The molecule has 7 N–H and O–H groups in total. The van der Waals surface area contributed by atoms with Crippen molar-refractivity contribution in [3.63, 3.8) is 0 Å². The van der Waals surface area contributed by atoms with Crippen molar-refractivity contribution in [2.75, 3.05) is 0 Å². The molecule has 0 aromatic heterocycles. The van der Waals surface area contributed by atoms with Gasteiger partial charge in [-0.3, -0.25) is 0 Å². The van der Waals surface area contributed by atoms with Crippen LogP contribution < -0.4 is 5.73 Å². The predicted octanol–water partition coefficient (Wildman–Crippen LogP) is -3.63. The molecule has 0 aromatic rings. The van der Waals surface area contributed by atoms with Crippen LogP contribution in [0.5, 0.6) is 0 Å². The molecule has 0 saturated heterocycles. The zero-order chi connectivity index (χ0) is 8.08. The third-order valence-corrected chi connectivity index (χ3v) is 0. The molecule has 0 spiro atoms. The number of carbonyl (C=O) groups is 1. The minimum absolute atomic E-state index is 0. The van der Waals surface area contributed by atoms with Gasteiger partial charge in [-0.05, 0) is 0 Å². The molecule has 1 amide bonds. The Labute approximate surface area is 79.5 Å². The van der Waals surface area contributed by atoms with E-state index in [0.717, 1.165) is 0 Å². The van der Waals surface area contributed by atoms with E-state index in [1.807, 2.05) is 0 Å². The van der Waals surface area contributed by atoms with Gasteiger partial charge >= 0.3 is 44.7 Å². The van der Waals surface area contributed by atoms with E-state index in [0.29, 0.717) is 0 Å². The number of amides is 1. The predicted molar refractivity (Wildman–Crippen MR) is 34.0 cm³/mol. The van der Waals surface area contributed by atoms with Gasteiger partial charge in [0.05, 0.1) is 0 Å². The van der Waals surface area contributed by atoms with Crippen LogP contribution >= 0.6 is 0 Å². The average molecular weight is 181 g/mol. The van der Waals surface area contributed by atoms with Gasteiger partial charge < -0.3 is 30.0 Å². The maximum absolute atomic E-state index is 8.78. The Bertz CT molecular complexity index is 80.2. The van der Waals surface area contributed by atoms with Crippen molar-refractivity contribution < 1.29 is 29.1 Å². The van der Waals surface area contributed by atoms with E-state index < -0.39 is 15.1 Å². The van der Waals surface area contributed by atoms with Gasteiger partial charge in [-0.25, -0.2) is 4.79 Å². The third-order valence-electron chi connectivity index (χ3n) is 0. The van der Waals surface area contributed by atoms with Crippen LogP contribution in [0.25, 0.3) is 0 Å². The Morgan fingerprint density at radius 2 is 1.20 bits per heavy atom. The van der Waals surface area contributed by atoms with E-state index in [9.17, 15) is 0 Å². The molecule has 0 atom stereocenters. The Morgan fingerprint density at radius 3 is 1.20 bits per heavy atom. The first-order chi connectivity index (χ1) is 3.73. The van der Waals surface area contributed by atoms with Crippen LogP contribution in [-0.2, 0) is 0 Å². The fourth-order valence-electron chi connectivity index (χ4n) is 0. The molecule has 0 radical (unpaired) electrons. The van der Waals surface area contributed by atoms with Crippen molar-refractivity contribution in [3.05, 3.63) is 0 Å². The monoisotopic (exact) mass is 181 g/mol. The molecule has 0 bridgehead atoms. The number of primary amides is 1. The van der Waals surface area contributed by atoms with E-state index in [1.54, 1.807) is 0 Å². The number of carboxylic acid groups (broad SMARTS) is 1. The van der Waals surface area contributed by atoms with Crippen LogP contribution in [0.15, 0.2) is 0 Å². The summed E-state index contributed by atoms with van der Waals surface area (Å²) in [7, 11) is -4.61. The second-order valence-electron chi connectivity index (χ2n) is 0.938. The van der Waals surface area contributed by atoms with Gasteiger partial charge in [-0.2, -0.15) is 0 Å². The summed E-state index contributed by atoms with van der Waals surface area (Å²) in [5.41, 5.74) is 4.03. The summed E-state index contributed by atoms with van der Waals surface area (Å²) >= 11 is 0. The minimum atomic E-state index is -4.61. The van der Waals surface area contributed by atoms with Crippen molar-refractivity contribution in [3.8, 4) is 0 Å². The van der Waals surface area contributed by atoms with Gasteiger partial charge in [-0.1, -0.05) is 0 Å². The summed E-state index contributed by atoms with van der Waals surface area (Å²) in [6.07, 6.45) is -1.33. The summed E-state index contributed by atoms with van der Waals surface area (Å²) in [5.74, 6) is 0.